The van der Waals surface area contributed by atoms with E-state index in [0.717, 1.165) is 49.2 Å². The topological polar surface area (TPSA) is 57.2 Å². The molecule has 0 atom stereocenters. The minimum atomic E-state index is 0.723. The van der Waals surface area contributed by atoms with Gasteiger partial charge in [-0.3, -0.25) is 4.98 Å². The van der Waals surface area contributed by atoms with E-state index in [9.17, 15) is 0 Å². The Bertz CT molecular complexity index is 891. The minimum Gasteiger partial charge on any atom is -0.372 e. The molecule has 0 bridgehead atoms. The zero-order valence-electron chi connectivity index (χ0n) is 17.8. The van der Waals surface area contributed by atoms with Crippen LogP contribution in [0, 0.1) is 6.92 Å². The first kappa shape index (κ1) is 20.6. The van der Waals surface area contributed by atoms with E-state index in [1.54, 1.807) is 0 Å². The number of likely N-dealkylation sites (N-methyl/N-ethyl adjacent to an activating group) is 1. The van der Waals surface area contributed by atoms with E-state index in [1.165, 1.54) is 11.3 Å². The third-order valence-electron chi connectivity index (χ3n) is 4.94. The second-order valence-corrected chi connectivity index (χ2v) is 7.07. The van der Waals surface area contributed by atoms with Crippen LogP contribution in [0.15, 0.2) is 54.9 Å². The second kappa shape index (κ2) is 9.87. The van der Waals surface area contributed by atoms with Gasteiger partial charge in [-0.1, -0.05) is 0 Å². The van der Waals surface area contributed by atoms with Crippen LogP contribution in [0.4, 0.5) is 23.1 Å². The summed E-state index contributed by atoms with van der Waals surface area (Å²) in [5.41, 5.74) is 4.44. The third kappa shape index (κ3) is 5.67. The van der Waals surface area contributed by atoms with E-state index in [-0.39, 0.29) is 0 Å². The molecule has 6 heteroatoms. The average molecular weight is 391 g/mol. The fraction of sp³-hybridized carbons (Fsp3) is 0.348. The number of nitrogens with one attached hydrogen (secondary N) is 1. The average Bonchev–Trinajstić information content (AvgIpc) is 2.74. The number of anilines is 4. The molecule has 0 aliphatic rings. The predicted molar refractivity (Wildman–Crippen MR) is 121 cm³/mol. The number of hydrogen-bond acceptors (Lipinski definition) is 6. The van der Waals surface area contributed by atoms with Crippen molar-refractivity contribution in [1.82, 2.24) is 15.0 Å². The van der Waals surface area contributed by atoms with Crippen LogP contribution in [0.3, 0.4) is 0 Å². The maximum Gasteiger partial charge on any atom is 0.227 e. The van der Waals surface area contributed by atoms with Gasteiger partial charge < -0.3 is 15.1 Å². The van der Waals surface area contributed by atoms with E-state index in [2.05, 4.69) is 63.2 Å². The first-order valence-electron chi connectivity index (χ1n) is 10.2. The highest BCUT2D eigenvalue weighted by Crippen LogP contribution is 2.22. The van der Waals surface area contributed by atoms with E-state index in [4.69, 9.17) is 4.98 Å². The molecule has 0 saturated carbocycles. The minimum absolute atomic E-state index is 0.723. The smallest absolute Gasteiger partial charge is 0.227 e. The highest BCUT2D eigenvalue weighted by molar-refractivity contribution is 5.61. The number of aromatic nitrogens is 3. The Labute approximate surface area is 173 Å². The van der Waals surface area contributed by atoms with Crippen molar-refractivity contribution in [3.05, 3.63) is 66.1 Å². The summed E-state index contributed by atoms with van der Waals surface area (Å²) in [4.78, 5) is 17.8. The van der Waals surface area contributed by atoms with E-state index >= 15 is 0 Å². The van der Waals surface area contributed by atoms with Crippen LogP contribution < -0.4 is 15.1 Å². The van der Waals surface area contributed by atoms with Gasteiger partial charge in [0.2, 0.25) is 5.95 Å². The van der Waals surface area contributed by atoms with Gasteiger partial charge in [0.15, 0.2) is 0 Å². The summed E-state index contributed by atoms with van der Waals surface area (Å²) >= 11 is 0. The summed E-state index contributed by atoms with van der Waals surface area (Å²) in [6, 6.07) is 14.5. The summed E-state index contributed by atoms with van der Waals surface area (Å²) in [6.45, 7) is 9.19. The van der Waals surface area contributed by atoms with Crippen molar-refractivity contribution in [2.75, 3.05) is 41.8 Å². The molecule has 1 aromatic carbocycles. The SMILES string of the molecule is CCN(CC)c1ccc(Nc2cc(C)nc(N(C)CCc3ccncc3)n2)cc1. The molecule has 0 saturated heterocycles. The molecular formula is C23H30N6. The van der Waals surface area contributed by atoms with Crippen molar-refractivity contribution in [1.29, 1.82) is 0 Å². The van der Waals surface area contributed by atoms with Crippen LogP contribution in [0.5, 0.6) is 0 Å². The van der Waals surface area contributed by atoms with Crippen LogP contribution in [0.2, 0.25) is 0 Å². The third-order valence-corrected chi connectivity index (χ3v) is 4.94. The van der Waals surface area contributed by atoms with E-state index in [1.807, 2.05) is 44.6 Å². The van der Waals surface area contributed by atoms with Gasteiger partial charge in [-0.2, -0.15) is 4.98 Å². The van der Waals surface area contributed by atoms with Crippen LogP contribution in [-0.2, 0) is 6.42 Å². The van der Waals surface area contributed by atoms with Crippen LogP contribution >= 0.6 is 0 Å². The molecule has 0 amide bonds. The summed E-state index contributed by atoms with van der Waals surface area (Å²) in [6.07, 6.45) is 4.57. The molecule has 152 valence electrons. The zero-order valence-corrected chi connectivity index (χ0v) is 17.8. The first-order valence-corrected chi connectivity index (χ1v) is 10.2. The van der Waals surface area contributed by atoms with Gasteiger partial charge in [-0.15, -0.1) is 0 Å². The highest BCUT2D eigenvalue weighted by atomic mass is 15.2. The molecule has 1 N–H and O–H groups in total. The van der Waals surface area contributed by atoms with E-state index < -0.39 is 0 Å². The normalized spacial score (nSPS) is 10.6. The highest BCUT2D eigenvalue weighted by Gasteiger charge is 2.09. The summed E-state index contributed by atoms with van der Waals surface area (Å²) in [5.74, 6) is 1.53. The Hall–Kier alpha value is -3.15. The van der Waals surface area contributed by atoms with Crippen LogP contribution in [0.1, 0.15) is 25.1 Å². The summed E-state index contributed by atoms with van der Waals surface area (Å²) < 4.78 is 0. The molecule has 2 heterocycles. The maximum absolute atomic E-state index is 4.71. The Morgan fingerprint density at radius 1 is 0.931 bits per heavy atom. The second-order valence-electron chi connectivity index (χ2n) is 7.07. The molecule has 29 heavy (non-hydrogen) atoms. The van der Waals surface area contributed by atoms with Crippen molar-refractivity contribution < 1.29 is 0 Å². The molecule has 0 unspecified atom stereocenters. The lowest BCUT2D eigenvalue weighted by molar-refractivity contribution is 0.833. The molecule has 3 aromatic rings. The van der Waals surface area contributed by atoms with Crippen LogP contribution in [-0.4, -0.2) is 41.6 Å². The molecule has 0 fully saturated rings. The van der Waals surface area contributed by atoms with Gasteiger partial charge in [-0.25, -0.2) is 4.98 Å². The molecular weight excluding hydrogens is 360 g/mol. The monoisotopic (exact) mass is 390 g/mol. The molecule has 2 aromatic heterocycles. The fourth-order valence-electron chi connectivity index (χ4n) is 3.23. The largest absolute Gasteiger partial charge is 0.372 e. The maximum atomic E-state index is 4.71. The van der Waals surface area contributed by atoms with Gasteiger partial charge in [-0.05, 0) is 69.2 Å². The molecule has 0 spiro atoms. The Kier molecular flexibility index (Phi) is 7.00. The van der Waals surface area contributed by atoms with Gasteiger partial charge >= 0.3 is 0 Å². The quantitative estimate of drug-likeness (QED) is 0.583. The van der Waals surface area contributed by atoms with Crippen LogP contribution in [0.25, 0.3) is 0 Å². The number of aryl methyl sites for hydroxylation is 1. The zero-order chi connectivity index (χ0) is 20.6. The molecule has 0 aliphatic carbocycles. The summed E-state index contributed by atoms with van der Waals surface area (Å²) in [7, 11) is 2.03. The van der Waals surface area contributed by atoms with Crippen molar-refractivity contribution in [3.8, 4) is 0 Å². The lowest BCUT2D eigenvalue weighted by Crippen LogP contribution is -2.23. The number of pyridine rings is 1. The number of nitrogens with zero attached hydrogens (tertiary/aromatic N) is 5. The van der Waals surface area contributed by atoms with Gasteiger partial charge in [0.05, 0.1) is 0 Å². The van der Waals surface area contributed by atoms with Crippen molar-refractivity contribution in [2.45, 2.75) is 27.2 Å². The van der Waals surface area contributed by atoms with Crippen molar-refractivity contribution in [2.24, 2.45) is 0 Å². The van der Waals surface area contributed by atoms with E-state index in [0.29, 0.717) is 0 Å². The standard InChI is InChI=1S/C23H30N6/c1-5-29(6-2)21-9-7-20(8-10-21)26-22-17-18(3)25-23(27-22)28(4)16-13-19-11-14-24-15-12-19/h7-12,14-15,17H,5-6,13,16H2,1-4H3,(H,25,26,27). The molecule has 0 aliphatic heterocycles. The fourth-order valence-corrected chi connectivity index (χ4v) is 3.23. The number of rotatable bonds is 9. The van der Waals surface area contributed by atoms with Gasteiger partial charge in [0.1, 0.15) is 5.82 Å². The number of hydrogen-bond donors (Lipinski definition) is 1. The Morgan fingerprint density at radius 2 is 1.62 bits per heavy atom. The van der Waals surface area contributed by atoms with Gasteiger partial charge in [0.25, 0.3) is 0 Å². The Morgan fingerprint density at radius 3 is 2.28 bits per heavy atom. The lowest BCUT2D eigenvalue weighted by atomic mass is 10.2. The predicted octanol–water partition coefficient (Wildman–Crippen LogP) is 4.45. The molecule has 3 rings (SSSR count). The van der Waals surface area contributed by atoms with Gasteiger partial charge in [0, 0.05) is 62.2 Å². The first-order chi connectivity index (χ1) is 14.1. The summed E-state index contributed by atoms with van der Waals surface area (Å²) in [5, 5.41) is 3.41. The number of benzene rings is 1. The lowest BCUT2D eigenvalue weighted by Gasteiger charge is -2.21. The van der Waals surface area contributed by atoms with Crippen molar-refractivity contribution >= 4 is 23.1 Å². The van der Waals surface area contributed by atoms with Crippen molar-refractivity contribution in [3.63, 3.8) is 0 Å². The Balaban J connectivity index is 1.68. The molecule has 0 radical (unpaired) electrons. The molecule has 6 nitrogen and oxygen atoms in total.